The van der Waals surface area contributed by atoms with Crippen LogP contribution in [0.25, 0.3) is 0 Å². The maximum Gasteiger partial charge on any atom is 0.248 e. The summed E-state index contributed by atoms with van der Waals surface area (Å²) in [6, 6.07) is 19.5. The topological polar surface area (TPSA) is 58.6 Å². The summed E-state index contributed by atoms with van der Waals surface area (Å²) in [4.78, 5) is 26.7. The normalized spacial score (nSPS) is 11.9. The molecule has 2 amide bonds. The number of carbonyl (C=O) groups is 2. The minimum atomic E-state index is -0.0847. The molecule has 1 unspecified atom stereocenters. The Morgan fingerprint density at radius 3 is 2.21 bits per heavy atom. The van der Waals surface area contributed by atoms with Gasteiger partial charge in [-0.15, -0.1) is 0 Å². The number of amides is 2. The Hall–Kier alpha value is -2.66. The molecule has 0 heterocycles. The summed E-state index contributed by atoms with van der Waals surface area (Å²) < 4.78 is 5.58. The van der Waals surface area contributed by atoms with Gasteiger partial charge in [0.2, 0.25) is 11.8 Å². The lowest BCUT2D eigenvalue weighted by Crippen LogP contribution is -2.39. The van der Waals surface area contributed by atoms with Crippen molar-refractivity contribution in [3.05, 3.63) is 71.8 Å². The molecule has 0 saturated carbocycles. The molecular formula is C24H32N2O3. The van der Waals surface area contributed by atoms with Crippen LogP contribution in [0.15, 0.2) is 60.7 Å². The molecule has 5 heteroatoms. The Kier molecular flexibility index (Phi) is 9.38. The lowest BCUT2D eigenvalue weighted by atomic mass is 10.1. The molecule has 2 aromatic carbocycles. The van der Waals surface area contributed by atoms with Gasteiger partial charge in [0.1, 0.15) is 6.61 Å². The fourth-order valence-electron chi connectivity index (χ4n) is 3.06. The highest BCUT2D eigenvalue weighted by Crippen LogP contribution is 2.11. The zero-order valence-electron chi connectivity index (χ0n) is 17.6. The van der Waals surface area contributed by atoms with Crippen LogP contribution >= 0.6 is 0 Å². The van der Waals surface area contributed by atoms with Crippen LogP contribution in [0.3, 0.4) is 0 Å². The first-order valence-electron chi connectivity index (χ1n) is 10.2. The minimum Gasteiger partial charge on any atom is -0.367 e. The minimum absolute atomic E-state index is 0.0175. The summed E-state index contributed by atoms with van der Waals surface area (Å²) in [5, 5.41) is 3.00. The molecular weight excluding hydrogens is 364 g/mol. The van der Waals surface area contributed by atoms with Crippen LogP contribution in [0.4, 0.5) is 0 Å². The highest BCUT2D eigenvalue weighted by molar-refractivity contribution is 5.80. The summed E-state index contributed by atoms with van der Waals surface area (Å²) in [6.07, 6.45) is 0.272. The number of hydrogen-bond donors (Lipinski definition) is 1. The third kappa shape index (κ3) is 8.48. The lowest BCUT2D eigenvalue weighted by molar-refractivity contribution is -0.137. The van der Waals surface area contributed by atoms with Gasteiger partial charge < -0.3 is 15.0 Å². The molecule has 0 aliphatic heterocycles. The molecule has 1 N–H and O–H groups in total. The van der Waals surface area contributed by atoms with Crippen LogP contribution in [0.2, 0.25) is 0 Å². The van der Waals surface area contributed by atoms with Crippen molar-refractivity contribution in [3.8, 4) is 0 Å². The lowest BCUT2D eigenvalue weighted by Gasteiger charge is -2.25. The summed E-state index contributed by atoms with van der Waals surface area (Å²) >= 11 is 0. The van der Waals surface area contributed by atoms with E-state index in [-0.39, 0.29) is 30.9 Å². The average molecular weight is 397 g/mol. The number of ether oxygens (including phenoxy) is 1. The quantitative estimate of drug-likeness (QED) is 0.626. The Bertz CT molecular complexity index is 747. The number of rotatable bonds is 11. The van der Waals surface area contributed by atoms with Gasteiger partial charge in [-0.2, -0.15) is 0 Å². The standard InChI is InChI=1S/C24H32N2O3/c1-19(2)16-26(24(28)18-29-17-21-10-6-4-7-11-21)15-14-23(27)25-20(3)22-12-8-5-9-13-22/h4-13,19-20H,14-18H2,1-3H3,(H,25,27). The van der Waals surface area contributed by atoms with Crippen molar-refractivity contribution in [2.24, 2.45) is 5.92 Å². The van der Waals surface area contributed by atoms with Crippen LogP contribution in [0, 0.1) is 5.92 Å². The first-order valence-corrected chi connectivity index (χ1v) is 10.2. The van der Waals surface area contributed by atoms with Crippen LogP contribution in [0.5, 0.6) is 0 Å². The van der Waals surface area contributed by atoms with Crippen LogP contribution in [0.1, 0.15) is 44.4 Å². The number of hydrogen-bond acceptors (Lipinski definition) is 3. The Balaban J connectivity index is 1.80. The van der Waals surface area contributed by atoms with E-state index in [2.05, 4.69) is 19.2 Å². The Labute approximate surface area is 174 Å². The first kappa shape index (κ1) is 22.6. The number of nitrogens with one attached hydrogen (secondary N) is 1. The second-order valence-electron chi connectivity index (χ2n) is 7.66. The van der Waals surface area contributed by atoms with Gasteiger partial charge in [-0.25, -0.2) is 0 Å². The second kappa shape index (κ2) is 12.0. The molecule has 0 spiro atoms. The van der Waals surface area contributed by atoms with Gasteiger partial charge >= 0.3 is 0 Å². The molecule has 2 aromatic rings. The molecule has 0 aromatic heterocycles. The van der Waals surface area contributed by atoms with Crippen molar-refractivity contribution in [3.63, 3.8) is 0 Å². The number of carbonyl (C=O) groups excluding carboxylic acids is 2. The number of benzene rings is 2. The smallest absolute Gasteiger partial charge is 0.248 e. The maximum atomic E-state index is 12.6. The predicted molar refractivity (Wildman–Crippen MR) is 115 cm³/mol. The van der Waals surface area contributed by atoms with Crippen LogP contribution in [-0.2, 0) is 20.9 Å². The summed E-state index contributed by atoms with van der Waals surface area (Å²) in [5.41, 5.74) is 2.09. The molecule has 29 heavy (non-hydrogen) atoms. The van der Waals surface area contributed by atoms with Crippen molar-refractivity contribution in [1.82, 2.24) is 10.2 Å². The molecule has 2 rings (SSSR count). The summed E-state index contributed by atoms with van der Waals surface area (Å²) in [7, 11) is 0. The van der Waals surface area contributed by atoms with Crippen molar-refractivity contribution in [2.75, 3.05) is 19.7 Å². The maximum absolute atomic E-state index is 12.6. The van der Waals surface area contributed by atoms with E-state index >= 15 is 0 Å². The van der Waals surface area contributed by atoms with Gasteiger partial charge in [0.25, 0.3) is 0 Å². The van der Waals surface area contributed by atoms with E-state index in [1.165, 1.54) is 0 Å². The van der Waals surface area contributed by atoms with Crippen molar-refractivity contribution in [2.45, 2.75) is 39.8 Å². The van der Waals surface area contributed by atoms with E-state index in [0.29, 0.717) is 25.6 Å². The third-order valence-corrected chi connectivity index (χ3v) is 4.56. The van der Waals surface area contributed by atoms with Gasteiger partial charge in [-0.1, -0.05) is 74.5 Å². The molecule has 5 nitrogen and oxygen atoms in total. The van der Waals surface area contributed by atoms with Gasteiger partial charge in [0.05, 0.1) is 12.6 Å². The predicted octanol–water partition coefficient (Wildman–Crippen LogP) is 3.96. The molecule has 0 bridgehead atoms. The van der Waals surface area contributed by atoms with E-state index in [1.54, 1.807) is 4.90 Å². The zero-order valence-corrected chi connectivity index (χ0v) is 17.6. The average Bonchev–Trinajstić information content (AvgIpc) is 2.72. The Morgan fingerprint density at radius 2 is 1.59 bits per heavy atom. The fourth-order valence-corrected chi connectivity index (χ4v) is 3.06. The first-order chi connectivity index (χ1) is 14.0. The monoisotopic (exact) mass is 396 g/mol. The largest absolute Gasteiger partial charge is 0.367 e. The second-order valence-corrected chi connectivity index (χ2v) is 7.66. The SMILES string of the molecule is CC(C)CN(CCC(=O)NC(C)c1ccccc1)C(=O)COCc1ccccc1. The summed E-state index contributed by atoms with van der Waals surface area (Å²) in [5.74, 6) is 0.172. The van der Waals surface area contributed by atoms with E-state index in [9.17, 15) is 9.59 Å². The molecule has 0 aliphatic carbocycles. The van der Waals surface area contributed by atoms with Gasteiger partial charge in [0, 0.05) is 19.5 Å². The number of nitrogens with zero attached hydrogens (tertiary/aromatic N) is 1. The molecule has 156 valence electrons. The van der Waals surface area contributed by atoms with E-state index in [0.717, 1.165) is 11.1 Å². The highest BCUT2D eigenvalue weighted by Gasteiger charge is 2.17. The third-order valence-electron chi connectivity index (χ3n) is 4.56. The Morgan fingerprint density at radius 1 is 0.966 bits per heavy atom. The molecule has 0 radical (unpaired) electrons. The van der Waals surface area contributed by atoms with Gasteiger partial charge in [0.15, 0.2) is 0 Å². The van der Waals surface area contributed by atoms with Crippen molar-refractivity contribution in [1.29, 1.82) is 0 Å². The molecule has 0 fully saturated rings. The molecule has 0 aliphatic rings. The van der Waals surface area contributed by atoms with Crippen molar-refractivity contribution >= 4 is 11.8 Å². The van der Waals surface area contributed by atoms with E-state index in [1.807, 2.05) is 67.6 Å². The van der Waals surface area contributed by atoms with Crippen LogP contribution < -0.4 is 5.32 Å². The van der Waals surface area contributed by atoms with E-state index in [4.69, 9.17) is 4.74 Å². The van der Waals surface area contributed by atoms with Crippen LogP contribution in [-0.4, -0.2) is 36.4 Å². The highest BCUT2D eigenvalue weighted by atomic mass is 16.5. The van der Waals surface area contributed by atoms with Gasteiger partial charge in [-0.05, 0) is 24.0 Å². The molecule has 1 atom stereocenters. The molecule has 0 saturated heterocycles. The van der Waals surface area contributed by atoms with Gasteiger partial charge in [-0.3, -0.25) is 9.59 Å². The zero-order chi connectivity index (χ0) is 21.1. The van der Waals surface area contributed by atoms with E-state index < -0.39 is 0 Å². The fraction of sp³-hybridized carbons (Fsp3) is 0.417. The summed E-state index contributed by atoms with van der Waals surface area (Å²) in [6.45, 7) is 7.49. The van der Waals surface area contributed by atoms with Crippen molar-refractivity contribution < 1.29 is 14.3 Å².